The first kappa shape index (κ1) is 53.9. The van der Waals surface area contributed by atoms with E-state index < -0.39 is 62.0 Å². The summed E-state index contributed by atoms with van der Waals surface area (Å²) in [4.78, 5) is 43.1. The molecule has 19 heteroatoms. The highest BCUT2D eigenvalue weighted by atomic mass is 31.2. The first-order chi connectivity index (χ1) is 35.4. The van der Waals surface area contributed by atoms with Crippen LogP contribution in [0.2, 0.25) is 0 Å². The summed E-state index contributed by atoms with van der Waals surface area (Å²) in [6.07, 6.45) is -3.07. The average molecular weight is 1020 g/mol. The molecule has 0 spiro atoms. The highest BCUT2D eigenvalue weighted by Gasteiger charge is 2.52. The van der Waals surface area contributed by atoms with Gasteiger partial charge in [-0.05, 0) is 92.9 Å². The number of hydrogen-bond donors (Lipinski definition) is 1. The second kappa shape index (κ2) is 25.7. The number of ether oxygens (including phenoxy) is 6. The summed E-state index contributed by atoms with van der Waals surface area (Å²) in [6, 6.07) is 42.9. The summed E-state index contributed by atoms with van der Waals surface area (Å²) < 4.78 is 55.0. The zero-order valence-electron chi connectivity index (χ0n) is 41.4. The number of methoxy groups -OCH3 is 2. The Labute approximate surface area is 425 Å². The van der Waals surface area contributed by atoms with Gasteiger partial charge in [0.15, 0.2) is 6.23 Å². The van der Waals surface area contributed by atoms with Crippen LogP contribution in [0.25, 0.3) is 0 Å². The van der Waals surface area contributed by atoms with Crippen molar-refractivity contribution in [1.82, 2.24) is 14.2 Å². The van der Waals surface area contributed by atoms with Crippen molar-refractivity contribution in [3.8, 4) is 17.6 Å². The lowest BCUT2D eigenvalue weighted by molar-refractivity contribution is -0.386. The summed E-state index contributed by atoms with van der Waals surface area (Å²) in [7, 11) is 1.20. The Bertz CT molecular complexity index is 2780. The zero-order chi connectivity index (χ0) is 51.9. The quantitative estimate of drug-likeness (QED) is 0.0141. The molecule has 73 heavy (non-hydrogen) atoms. The highest BCUT2D eigenvalue weighted by Crippen LogP contribution is 2.51. The number of anilines is 1. The number of para-hydroxylation sites is 1. The molecule has 1 aromatic heterocycles. The van der Waals surface area contributed by atoms with Crippen LogP contribution in [-0.4, -0.2) is 89.7 Å². The van der Waals surface area contributed by atoms with Gasteiger partial charge >= 0.3 is 5.69 Å². The summed E-state index contributed by atoms with van der Waals surface area (Å²) in [5.41, 5.74) is 0.709. The monoisotopic (exact) mass is 1010 g/mol. The molecule has 1 fully saturated rings. The van der Waals surface area contributed by atoms with E-state index in [1.54, 1.807) is 62.8 Å². The maximum atomic E-state index is 14.3. The minimum Gasteiger partial charge on any atom is -0.497 e. The van der Waals surface area contributed by atoms with Crippen LogP contribution < -0.4 is 20.5 Å². The van der Waals surface area contributed by atoms with E-state index in [2.05, 4.69) is 21.0 Å². The van der Waals surface area contributed by atoms with Gasteiger partial charge in [-0.2, -0.15) is 10.2 Å². The van der Waals surface area contributed by atoms with Gasteiger partial charge in [-0.15, -0.1) is 0 Å². The van der Waals surface area contributed by atoms with Crippen molar-refractivity contribution in [2.45, 2.75) is 82.9 Å². The van der Waals surface area contributed by atoms with Crippen molar-refractivity contribution in [3.63, 3.8) is 0 Å². The van der Waals surface area contributed by atoms with Crippen LogP contribution >= 0.6 is 8.53 Å². The molecule has 1 aliphatic rings. The van der Waals surface area contributed by atoms with Crippen molar-refractivity contribution >= 4 is 25.9 Å². The van der Waals surface area contributed by atoms with Crippen LogP contribution in [0.1, 0.15) is 73.0 Å². The average Bonchev–Trinajstić information content (AvgIpc) is 3.74. The fourth-order valence-corrected chi connectivity index (χ4v) is 10.4. The van der Waals surface area contributed by atoms with E-state index in [9.17, 15) is 25.0 Å². The molecular formula is C54H59N6O12P. The number of amides is 1. The largest absolute Gasteiger partial charge is 0.497 e. The number of rotatable bonds is 25. The number of aromatic nitrogens is 2. The summed E-state index contributed by atoms with van der Waals surface area (Å²) in [6.45, 7) is 7.26. The Hall–Kier alpha value is -6.91. The number of nitriles is 1. The Morgan fingerprint density at radius 2 is 1.44 bits per heavy atom. The minimum atomic E-state index is -1.99. The van der Waals surface area contributed by atoms with Crippen molar-refractivity contribution in [2.24, 2.45) is 0 Å². The predicted molar refractivity (Wildman–Crippen MR) is 273 cm³/mol. The van der Waals surface area contributed by atoms with Crippen molar-refractivity contribution in [3.05, 3.63) is 194 Å². The maximum absolute atomic E-state index is 14.3. The summed E-state index contributed by atoms with van der Waals surface area (Å²) >= 11 is 0. The molecule has 5 atom stereocenters. The molecule has 6 aromatic rings. The lowest BCUT2D eigenvalue weighted by atomic mass is 9.80. The molecule has 1 unspecified atom stereocenters. The molecule has 1 aliphatic heterocycles. The highest BCUT2D eigenvalue weighted by molar-refractivity contribution is 7.44. The lowest BCUT2D eigenvalue weighted by Crippen LogP contribution is -2.43. The summed E-state index contributed by atoms with van der Waals surface area (Å²) in [5, 5.41) is 24.2. The molecule has 0 saturated carbocycles. The molecule has 1 N–H and O–H groups in total. The van der Waals surface area contributed by atoms with Gasteiger partial charge in [0.05, 0.1) is 57.0 Å². The number of nitro benzene ring substituents is 1. The van der Waals surface area contributed by atoms with Crippen LogP contribution in [0.5, 0.6) is 11.5 Å². The number of carbonyl (C=O) groups is 1. The van der Waals surface area contributed by atoms with Gasteiger partial charge in [0.1, 0.15) is 48.0 Å². The van der Waals surface area contributed by atoms with E-state index in [-0.39, 0.29) is 49.8 Å². The molecule has 2 heterocycles. The number of benzene rings is 5. The lowest BCUT2D eigenvalue weighted by Gasteiger charge is -2.39. The van der Waals surface area contributed by atoms with Crippen LogP contribution in [0.4, 0.5) is 11.5 Å². The Kier molecular flexibility index (Phi) is 18.9. The second-order valence-electron chi connectivity index (χ2n) is 17.3. The van der Waals surface area contributed by atoms with Gasteiger partial charge in [0.2, 0.25) is 0 Å². The Morgan fingerprint density at radius 3 is 2.01 bits per heavy atom. The molecule has 7 rings (SSSR count). The number of carbonyl (C=O) groups excluding carboxylic acids is 1. The number of hydrogen-bond acceptors (Lipinski definition) is 15. The minimum absolute atomic E-state index is 0.00316. The number of nitrogens with zero attached hydrogens (tertiary/aromatic N) is 5. The molecule has 0 bridgehead atoms. The van der Waals surface area contributed by atoms with E-state index in [1.807, 2.05) is 107 Å². The second-order valence-corrected chi connectivity index (χ2v) is 18.7. The number of nitrogens with one attached hydrogen (secondary N) is 1. The fraction of sp³-hybridized carbons (Fsp3) is 0.333. The third kappa shape index (κ3) is 13.0. The molecule has 1 saturated heterocycles. The van der Waals surface area contributed by atoms with Crippen LogP contribution in [0, 0.1) is 21.4 Å². The Morgan fingerprint density at radius 1 is 0.849 bits per heavy atom. The van der Waals surface area contributed by atoms with E-state index in [1.165, 1.54) is 22.9 Å². The van der Waals surface area contributed by atoms with E-state index in [0.29, 0.717) is 22.6 Å². The van der Waals surface area contributed by atoms with Crippen molar-refractivity contribution < 1.29 is 47.2 Å². The van der Waals surface area contributed by atoms with Crippen LogP contribution in [0.3, 0.4) is 0 Å². The van der Waals surface area contributed by atoms with Gasteiger partial charge < -0.3 is 42.8 Å². The van der Waals surface area contributed by atoms with Gasteiger partial charge in [-0.1, -0.05) is 84.9 Å². The standard InChI is InChI=1S/C54H59N6O12P/c1-37(2)59(38(3)4)73(70-33-15-31-55)72-49-47(35-69-54(41-19-11-8-12-20-41,42-22-26-44(65-5)27-23-42)43-24-28-45(66-6)29-25-43)71-52(50(49)68-36-67-34-40-18-13-14-21-46(40)60(63)64)58-32-30-48(57-53(58)62)56-51(61)39-16-9-7-10-17-39/h7-14,16-30,32,37-38,47,49-50,52H,15,33-36H2,1-6H3,(H,56,57,61,62)/t47-,49-,50-,52-,73?/m0/s1. The van der Waals surface area contributed by atoms with Gasteiger partial charge in [-0.25, -0.2) is 9.46 Å². The van der Waals surface area contributed by atoms with E-state index in [4.69, 9.17) is 37.5 Å². The molecule has 5 aromatic carbocycles. The molecule has 382 valence electrons. The van der Waals surface area contributed by atoms with Crippen LogP contribution in [0.15, 0.2) is 151 Å². The van der Waals surface area contributed by atoms with Crippen molar-refractivity contribution in [1.29, 1.82) is 5.26 Å². The third-order valence-corrected chi connectivity index (χ3v) is 14.1. The topological polar surface area (TPSA) is 208 Å². The molecular weight excluding hydrogens is 956 g/mol. The summed E-state index contributed by atoms with van der Waals surface area (Å²) in [5.74, 6) is 0.797. The normalized spacial score (nSPS) is 17.1. The van der Waals surface area contributed by atoms with E-state index >= 15 is 0 Å². The van der Waals surface area contributed by atoms with Gasteiger partial charge in [0, 0.05) is 29.9 Å². The molecule has 0 aliphatic carbocycles. The number of nitro groups is 1. The van der Waals surface area contributed by atoms with Gasteiger partial charge in [-0.3, -0.25) is 19.5 Å². The van der Waals surface area contributed by atoms with Crippen molar-refractivity contribution in [2.75, 3.05) is 39.5 Å². The SMILES string of the molecule is COc1ccc(C(OC[C@@H]2O[C@H](n3ccc(NC(=O)c4ccccc4)nc3=O)[C@@H](OCOCc3ccccc3[N+](=O)[O-])[C@H]2OP(OCCC#N)N(C(C)C)C(C)C)(c2ccccc2)c2ccc(OC)cc2)cc1. The first-order valence-corrected chi connectivity index (χ1v) is 24.8. The third-order valence-electron chi connectivity index (χ3n) is 12.0. The molecule has 0 radical (unpaired) electrons. The Balaban J connectivity index is 1.34. The zero-order valence-corrected chi connectivity index (χ0v) is 42.3. The van der Waals surface area contributed by atoms with E-state index in [0.717, 1.165) is 16.7 Å². The van der Waals surface area contributed by atoms with Gasteiger partial charge in [0.25, 0.3) is 20.1 Å². The predicted octanol–water partition coefficient (Wildman–Crippen LogP) is 9.55. The fourth-order valence-electron chi connectivity index (χ4n) is 8.59. The van der Waals surface area contributed by atoms with Crippen LogP contribution in [-0.2, 0) is 40.2 Å². The smallest absolute Gasteiger partial charge is 0.351 e. The molecule has 18 nitrogen and oxygen atoms in total. The molecule has 1 amide bonds. The first-order valence-electron chi connectivity index (χ1n) is 23.6. The maximum Gasteiger partial charge on any atom is 0.351 e.